The van der Waals surface area contributed by atoms with E-state index in [1.165, 1.54) is 11.3 Å². The summed E-state index contributed by atoms with van der Waals surface area (Å²) in [4.78, 5) is 2.16. The molecule has 0 amide bonds. The third kappa shape index (κ3) is 2.74. The number of hydrogen-bond acceptors (Lipinski definition) is 2. The highest BCUT2D eigenvalue weighted by Crippen LogP contribution is 2.31. The molecule has 0 heterocycles. The van der Waals surface area contributed by atoms with Crippen molar-refractivity contribution in [1.29, 1.82) is 0 Å². The Morgan fingerprint density at radius 2 is 1.78 bits per heavy atom. The summed E-state index contributed by atoms with van der Waals surface area (Å²) >= 11 is 3.60. The molecule has 18 heavy (non-hydrogen) atoms. The van der Waals surface area contributed by atoms with Crippen LogP contribution in [0.1, 0.15) is 11.1 Å². The van der Waals surface area contributed by atoms with Crippen molar-refractivity contribution < 1.29 is 0 Å². The standard InChI is InChI=1S/C15H17BrN2/c1-11-3-6-13(7-4-11)18(2)15-8-5-12(10-17)9-14(15)16/h3-9H,10,17H2,1-2H3. The highest BCUT2D eigenvalue weighted by molar-refractivity contribution is 9.10. The Kier molecular flexibility index (Phi) is 4.04. The number of nitrogens with two attached hydrogens (primary N) is 1. The summed E-state index contributed by atoms with van der Waals surface area (Å²) < 4.78 is 1.06. The molecule has 2 aromatic carbocycles. The minimum atomic E-state index is 0.563. The maximum Gasteiger partial charge on any atom is 0.0552 e. The van der Waals surface area contributed by atoms with Gasteiger partial charge in [0.25, 0.3) is 0 Å². The van der Waals surface area contributed by atoms with E-state index in [0.717, 1.165) is 15.7 Å². The predicted octanol–water partition coefficient (Wildman–Crippen LogP) is 3.98. The predicted molar refractivity (Wildman–Crippen MR) is 81.3 cm³/mol. The zero-order valence-electron chi connectivity index (χ0n) is 10.7. The van der Waals surface area contributed by atoms with Gasteiger partial charge in [-0.1, -0.05) is 23.8 Å². The van der Waals surface area contributed by atoms with Crippen LogP contribution in [0.5, 0.6) is 0 Å². The largest absolute Gasteiger partial charge is 0.344 e. The van der Waals surface area contributed by atoms with Gasteiger partial charge in [0, 0.05) is 23.8 Å². The molecule has 2 nitrogen and oxygen atoms in total. The van der Waals surface area contributed by atoms with Gasteiger partial charge in [0.2, 0.25) is 0 Å². The van der Waals surface area contributed by atoms with Crippen LogP contribution in [-0.4, -0.2) is 7.05 Å². The second-order valence-corrected chi connectivity index (χ2v) is 5.24. The van der Waals surface area contributed by atoms with Crippen LogP contribution in [0.3, 0.4) is 0 Å². The smallest absolute Gasteiger partial charge is 0.0552 e. The lowest BCUT2D eigenvalue weighted by Gasteiger charge is -2.21. The molecule has 2 N–H and O–H groups in total. The van der Waals surface area contributed by atoms with E-state index in [1.54, 1.807) is 0 Å². The fourth-order valence-corrected chi connectivity index (χ4v) is 2.55. The van der Waals surface area contributed by atoms with E-state index in [4.69, 9.17) is 5.73 Å². The van der Waals surface area contributed by atoms with Crippen molar-refractivity contribution >= 4 is 27.3 Å². The molecule has 0 radical (unpaired) electrons. The maximum absolute atomic E-state index is 5.64. The van der Waals surface area contributed by atoms with Crippen molar-refractivity contribution in [2.75, 3.05) is 11.9 Å². The van der Waals surface area contributed by atoms with E-state index in [-0.39, 0.29) is 0 Å². The molecule has 0 spiro atoms. The van der Waals surface area contributed by atoms with Gasteiger partial charge in [-0.2, -0.15) is 0 Å². The summed E-state index contributed by atoms with van der Waals surface area (Å²) in [6.45, 7) is 2.66. The molecule has 3 heteroatoms. The van der Waals surface area contributed by atoms with Gasteiger partial charge in [-0.15, -0.1) is 0 Å². The number of halogens is 1. The van der Waals surface area contributed by atoms with Crippen molar-refractivity contribution in [3.05, 3.63) is 58.1 Å². The fraction of sp³-hybridized carbons (Fsp3) is 0.200. The van der Waals surface area contributed by atoms with E-state index >= 15 is 0 Å². The van der Waals surface area contributed by atoms with Crippen LogP contribution in [-0.2, 0) is 6.54 Å². The van der Waals surface area contributed by atoms with Gasteiger partial charge in [0.1, 0.15) is 0 Å². The molecule has 0 aliphatic carbocycles. The van der Waals surface area contributed by atoms with Crippen LogP contribution in [0.15, 0.2) is 46.9 Å². The number of benzene rings is 2. The van der Waals surface area contributed by atoms with Gasteiger partial charge in [0.05, 0.1) is 5.69 Å². The molecule has 0 aromatic heterocycles. The lowest BCUT2D eigenvalue weighted by Crippen LogP contribution is -2.10. The third-order valence-corrected chi connectivity index (χ3v) is 3.67. The first-order valence-electron chi connectivity index (χ1n) is 5.90. The Hall–Kier alpha value is -1.32. The Balaban J connectivity index is 2.33. The Bertz CT molecular complexity index is 535. The molecule has 0 bridgehead atoms. The maximum atomic E-state index is 5.64. The summed E-state index contributed by atoms with van der Waals surface area (Å²) in [6.07, 6.45) is 0. The molecule has 0 atom stereocenters. The quantitative estimate of drug-likeness (QED) is 0.929. The van der Waals surface area contributed by atoms with Gasteiger partial charge in [-0.25, -0.2) is 0 Å². The van der Waals surface area contributed by atoms with Crippen molar-refractivity contribution in [2.24, 2.45) is 5.73 Å². The number of nitrogens with zero attached hydrogens (tertiary/aromatic N) is 1. The molecular formula is C15H17BrN2. The number of rotatable bonds is 3. The Labute approximate surface area is 117 Å². The molecule has 2 rings (SSSR count). The minimum absolute atomic E-state index is 0.563. The normalized spacial score (nSPS) is 10.4. The Morgan fingerprint density at radius 1 is 1.11 bits per heavy atom. The van der Waals surface area contributed by atoms with Crippen LogP contribution in [0.25, 0.3) is 0 Å². The zero-order valence-corrected chi connectivity index (χ0v) is 12.2. The number of anilines is 2. The first-order valence-corrected chi connectivity index (χ1v) is 6.70. The highest BCUT2D eigenvalue weighted by Gasteiger charge is 2.08. The van der Waals surface area contributed by atoms with E-state index in [1.807, 2.05) is 0 Å². The molecule has 0 saturated heterocycles. The van der Waals surface area contributed by atoms with E-state index < -0.39 is 0 Å². The molecule has 94 valence electrons. The van der Waals surface area contributed by atoms with Gasteiger partial charge >= 0.3 is 0 Å². The first kappa shape index (κ1) is 13.1. The zero-order chi connectivity index (χ0) is 13.1. The molecule has 2 aromatic rings. The lowest BCUT2D eigenvalue weighted by molar-refractivity contribution is 1.06. The lowest BCUT2D eigenvalue weighted by atomic mass is 10.1. The van der Waals surface area contributed by atoms with Crippen molar-refractivity contribution in [3.8, 4) is 0 Å². The van der Waals surface area contributed by atoms with Crippen LogP contribution >= 0.6 is 15.9 Å². The summed E-state index contributed by atoms with van der Waals surface area (Å²) in [6, 6.07) is 14.7. The second kappa shape index (κ2) is 5.55. The number of aryl methyl sites for hydroxylation is 1. The molecular weight excluding hydrogens is 288 g/mol. The van der Waals surface area contributed by atoms with Crippen molar-refractivity contribution in [3.63, 3.8) is 0 Å². The SMILES string of the molecule is Cc1ccc(N(C)c2ccc(CN)cc2Br)cc1. The third-order valence-electron chi connectivity index (χ3n) is 3.03. The van der Waals surface area contributed by atoms with E-state index in [9.17, 15) is 0 Å². The van der Waals surface area contributed by atoms with Crippen molar-refractivity contribution in [2.45, 2.75) is 13.5 Å². The summed E-state index contributed by atoms with van der Waals surface area (Å²) in [5, 5.41) is 0. The van der Waals surface area contributed by atoms with E-state index in [0.29, 0.717) is 6.54 Å². The number of hydrogen-bond donors (Lipinski definition) is 1. The topological polar surface area (TPSA) is 29.3 Å². The molecule has 0 saturated carbocycles. The molecule has 0 aliphatic rings. The van der Waals surface area contributed by atoms with Gasteiger partial charge < -0.3 is 10.6 Å². The average Bonchev–Trinajstić information content (AvgIpc) is 2.38. The van der Waals surface area contributed by atoms with Crippen LogP contribution < -0.4 is 10.6 Å². The van der Waals surface area contributed by atoms with Gasteiger partial charge in [-0.3, -0.25) is 0 Å². The molecule has 0 unspecified atom stereocenters. The van der Waals surface area contributed by atoms with Gasteiger partial charge in [0.15, 0.2) is 0 Å². The molecule has 0 aliphatic heterocycles. The summed E-state index contributed by atoms with van der Waals surface area (Å²) in [5.74, 6) is 0. The average molecular weight is 305 g/mol. The Morgan fingerprint density at radius 3 is 2.33 bits per heavy atom. The van der Waals surface area contributed by atoms with E-state index in [2.05, 4.69) is 77.3 Å². The first-order chi connectivity index (χ1) is 8.61. The summed E-state index contributed by atoms with van der Waals surface area (Å²) in [5.41, 5.74) is 10.3. The van der Waals surface area contributed by atoms with Crippen LogP contribution in [0, 0.1) is 6.92 Å². The van der Waals surface area contributed by atoms with Crippen molar-refractivity contribution in [1.82, 2.24) is 0 Å². The fourth-order valence-electron chi connectivity index (χ4n) is 1.86. The van der Waals surface area contributed by atoms with Crippen LogP contribution in [0.2, 0.25) is 0 Å². The summed E-state index contributed by atoms with van der Waals surface area (Å²) in [7, 11) is 2.06. The van der Waals surface area contributed by atoms with Gasteiger partial charge in [-0.05, 0) is 52.7 Å². The van der Waals surface area contributed by atoms with Crippen LogP contribution in [0.4, 0.5) is 11.4 Å². The molecule has 0 fully saturated rings. The highest BCUT2D eigenvalue weighted by atomic mass is 79.9. The minimum Gasteiger partial charge on any atom is -0.344 e. The second-order valence-electron chi connectivity index (χ2n) is 4.38. The monoisotopic (exact) mass is 304 g/mol.